The average molecular weight is 180 g/mol. The van der Waals surface area contributed by atoms with E-state index in [2.05, 4.69) is 57.7 Å². The molecule has 0 aliphatic carbocycles. The molecule has 0 saturated heterocycles. The smallest absolute Gasteiger partial charge is 0.00546 e. The Balaban J connectivity index is 2.94. The second-order valence-corrected chi connectivity index (χ2v) is 4.20. The molecule has 0 saturated carbocycles. The predicted octanol–water partition coefficient (Wildman–Crippen LogP) is 3.42. The molecule has 1 heteroatoms. The molecule has 2 unspecified atom stereocenters. The molecular formula is C11H16S. The van der Waals surface area contributed by atoms with E-state index in [4.69, 9.17) is 0 Å². The molecule has 0 aliphatic heterocycles. The molecular weight excluding hydrogens is 164 g/mol. The summed E-state index contributed by atoms with van der Waals surface area (Å²) >= 11 is 4.45. The molecule has 0 N–H and O–H groups in total. The first-order chi connectivity index (χ1) is 5.63. The van der Waals surface area contributed by atoms with Crippen LogP contribution in [0, 0.1) is 6.92 Å². The minimum absolute atomic E-state index is 0.422. The molecule has 0 bridgehead atoms. The second kappa shape index (κ2) is 3.99. The Morgan fingerprint density at radius 3 is 2.25 bits per heavy atom. The van der Waals surface area contributed by atoms with E-state index in [1.807, 2.05) is 0 Å². The topological polar surface area (TPSA) is 0 Å². The van der Waals surface area contributed by atoms with Crippen molar-refractivity contribution in [2.75, 3.05) is 0 Å². The molecule has 0 radical (unpaired) electrons. The van der Waals surface area contributed by atoms with Crippen molar-refractivity contribution in [1.29, 1.82) is 0 Å². The van der Waals surface area contributed by atoms with Gasteiger partial charge in [-0.1, -0.05) is 38.1 Å². The zero-order chi connectivity index (χ0) is 9.14. The Kier molecular flexibility index (Phi) is 3.21. The molecule has 0 nitrogen and oxygen atoms in total. The summed E-state index contributed by atoms with van der Waals surface area (Å²) in [6, 6.07) is 8.51. The summed E-state index contributed by atoms with van der Waals surface area (Å²) in [4.78, 5) is 0. The number of rotatable bonds is 2. The van der Waals surface area contributed by atoms with Crippen LogP contribution in [0.3, 0.4) is 0 Å². The Labute approximate surface area is 80.4 Å². The lowest BCUT2D eigenvalue weighted by Gasteiger charge is -2.17. The molecule has 2 atom stereocenters. The number of hydrogen-bond acceptors (Lipinski definition) is 1. The van der Waals surface area contributed by atoms with Crippen molar-refractivity contribution in [1.82, 2.24) is 0 Å². The first-order valence-corrected chi connectivity index (χ1v) is 4.88. The van der Waals surface area contributed by atoms with Crippen LogP contribution in [0.4, 0.5) is 0 Å². The van der Waals surface area contributed by atoms with Gasteiger partial charge in [0.05, 0.1) is 0 Å². The van der Waals surface area contributed by atoms with Gasteiger partial charge >= 0.3 is 0 Å². The number of thiol groups is 1. The van der Waals surface area contributed by atoms with E-state index < -0.39 is 0 Å². The highest BCUT2D eigenvalue weighted by Gasteiger charge is 2.11. The van der Waals surface area contributed by atoms with Crippen LogP contribution < -0.4 is 0 Å². The van der Waals surface area contributed by atoms with Gasteiger partial charge in [-0.2, -0.15) is 12.6 Å². The fourth-order valence-corrected chi connectivity index (χ4v) is 1.52. The third-order valence-electron chi connectivity index (χ3n) is 2.40. The van der Waals surface area contributed by atoms with E-state index in [-0.39, 0.29) is 0 Å². The van der Waals surface area contributed by atoms with Crippen molar-refractivity contribution in [2.45, 2.75) is 31.9 Å². The Bertz CT molecular complexity index is 253. The fourth-order valence-electron chi connectivity index (χ4n) is 1.36. The molecule has 0 heterocycles. The van der Waals surface area contributed by atoms with Gasteiger partial charge in [0.1, 0.15) is 0 Å². The van der Waals surface area contributed by atoms with Gasteiger partial charge in [0, 0.05) is 5.25 Å². The highest BCUT2D eigenvalue weighted by atomic mass is 32.1. The molecule has 1 aromatic rings. The fraction of sp³-hybridized carbons (Fsp3) is 0.455. The summed E-state index contributed by atoms with van der Waals surface area (Å²) in [5.74, 6) is 0.537. The van der Waals surface area contributed by atoms with E-state index in [0.29, 0.717) is 11.2 Å². The maximum Gasteiger partial charge on any atom is 0.00546 e. The van der Waals surface area contributed by atoms with Crippen molar-refractivity contribution in [3.63, 3.8) is 0 Å². The summed E-state index contributed by atoms with van der Waals surface area (Å²) in [5, 5.41) is 0.422. The minimum atomic E-state index is 0.422. The first-order valence-electron chi connectivity index (χ1n) is 4.36. The van der Waals surface area contributed by atoms with E-state index in [9.17, 15) is 0 Å². The summed E-state index contributed by atoms with van der Waals surface area (Å²) in [7, 11) is 0. The lowest BCUT2D eigenvalue weighted by Crippen LogP contribution is -2.06. The van der Waals surface area contributed by atoms with Gasteiger partial charge in [0.2, 0.25) is 0 Å². The van der Waals surface area contributed by atoms with Crippen LogP contribution in [-0.4, -0.2) is 5.25 Å². The minimum Gasteiger partial charge on any atom is -0.176 e. The molecule has 1 aromatic carbocycles. The average Bonchev–Trinajstić information content (AvgIpc) is 2.04. The molecule has 0 aliphatic rings. The number of hydrogen-bond donors (Lipinski definition) is 1. The van der Waals surface area contributed by atoms with Gasteiger partial charge in [0.25, 0.3) is 0 Å². The van der Waals surface area contributed by atoms with Gasteiger partial charge in [-0.05, 0) is 24.0 Å². The number of benzene rings is 1. The standard InChI is InChI=1S/C11H16S/c1-8-6-4-5-7-11(8)9(2)10(3)12/h4-7,9-10,12H,1-3H3. The van der Waals surface area contributed by atoms with Crippen molar-refractivity contribution in [3.05, 3.63) is 35.4 Å². The van der Waals surface area contributed by atoms with E-state index in [1.165, 1.54) is 11.1 Å². The SMILES string of the molecule is Cc1ccccc1C(C)C(C)S. The summed E-state index contributed by atoms with van der Waals surface area (Å²) in [5.41, 5.74) is 2.78. The van der Waals surface area contributed by atoms with E-state index in [0.717, 1.165) is 0 Å². The quantitative estimate of drug-likeness (QED) is 0.662. The third-order valence-corrected chi connectivity index (χ3v) is 2.85. The normalized spacial score (nSPS) is 15.7. The molecule has 0 amide bonds. The van der Waals surface area contributed by atoms with Crippen molar-refractivity contribution >= 4 is 12.6 Å². The van der Waals surface area contributed by atoms with Crippen molar-refractivity contribution < 1.29 is 0 Å². The van der Waals surface area contributed by atoms with Gasteiger partial charge in [-0.25, -0.2) is 0 Å². The maximum atomic E-state index is 4.45. The maximum absolute atomic E-state index is 4.45. The predicted molar refractivity (Wildman–Crippen MR) is 58.0 cm³/mol. The highest BCUT2D eigenvalue weighted by Crippen LogP contribution is 2.24. The summed E-state index contributed by atoms with van der Waals surface area (Å²) in [6.07, 6.45) is 0. The molecule has 12 heavy (non-hydrogen) atoms. The molecule has 0 aromatic heterocycles. The van der Waals surface area contributed by atoms with Gasteiger partial charge in [-0.3, -0.25) is 0 Å². The molecule has 0 spiro atoms. The van der Waals surface area contributed by atoms with Crippen LogP contribution >= 0.6 is 12.6 Å². The third kappa shape index (κ3) is 2.04. The zero-order valence-electron chi connectivity index (χ0n) is 7.91. The molecule has 66 valence electrons. The first kappa shape index (κ1) is 9.66. The van der Waals surface area contributed by atoms with Gasteiger partial charge < -0.3 is 0 Å². The Hall–Kier alpha value is -0.430. The monoisotopic (exact) mass is 180 g/mol. The van der Waals surface area contributed by atoms with Crippen molar-refractivity contribution in [3.8, 4) is 0 Å². The largest absolute Gasteiger partial charge is 0.176 e. The molecule has 0 fully saturated rings. The van der Waals surface area contributed by atoms with Crippen molar-refractivity contribution in [2.24, 2.45) is 0 Å². The van der Waals surface area contributed by atoms with Crippen LogP contribution in [0.1, 0.15) is 30.9 Å². The molecule has 1 rings (SSSR count). The highest BCUT2D eigenvalue weighted by molar-refractivity contribution is 7.81. The van der Waals surface area contributed by atoms with Gasteiger partial charge in [0.15, 0.2) is 0 Å². The Morgan fingerprint density at radius 1 is 1.17 bits per heavy atom. The van der Waals surface area contributed by atoms with E-state index >= 15 is 0 Å². The Morgan fingerprint density at radius 2 is 1.75 bits per heavy atom. The lowest BCUT2D eigenvalue weighted by molar-refractivity contribution is 0.750. The summed E-state index contributed by atoms with van der Waals surface area (Å²) in [6.45, 7) is 6.52. The summed E-state index contributed by atoms with van der Waals surface area (Å²) < 4.78 is 0. The van der Waals surface area contributed by atoms with Gasteiger partial charge in [-0.15, -0.1) is 0 Å². The zero-order valence-corrected chi connectivity index (χ0v) is 8.81. The lowest BCUT2D eigenvalue weighted by atomic mass is 9.94. The van der Waals surface area contributed by atoms with Crippen LogP contribution in [0.5, 0.6) is 0 Å². The van der Waals surface area contributed by atoms with Crippen LogP contribution in [-0.2, 0) is 0 Å². The number of aryl methyl sites for hydroxylation is 1. The van der Waals surface area contributed by atoms with E-state index in [1.54, 1.807) is 0 Å². The van der Waals surface area contributed by atoms with Crippen LogP contribution in [0.2, 0.25) is 0 Å². The second-order valence-electron chi connectivity index (χ2n) is 3.39. The van der Waals surface area contributed by atoms with Crippen LogP contribution in [0.15, 0.2) is 24.3 Å². The van der Waals surface area contributed by atoms with Crippen LogP contribution in [0.25, 0.3) is 0 Å².